The van der Waals surface area contributed by atoms with Crippen LogP contribution in [0.4, 0.5) is 5.69 Å². The molecule has 1 saturated carbocycles. The molecule has 2 fully saturated rings. The fourth-order valence-electron chi connectivity index (χ4n) is 3.47. The number of nitrogens with zero attached hydrogens (tertiary/aromatic N) is 1. The number of halogens is 2. The Bertz CT molecular complexity index is 615. The van der Waals surface area contributed by atoms with Crippen LogP contribution in [-0.2, 0) is 9.59 Å². The van der Waals surface area contributed by atoms with Gasteiger partial charge >= 0.3 is 0 Å². The van der Waals surface area contributed by atoms with Crippen LogP contribution in [0.25, 0.3) is 0 Å². The van der Waals surface area contributed by atoms with E-state index in [1.807, 2.05) is 4.90 Å². The van der Waals surface area contributed by atoms with Crippen LogP contribution in [-0.4, -0.2) is 29.3 Å². The Morgan fingerprint density at radius 3 is 2.57 bits per heavy atom. The third-order valence-corrected chi connectivity index (χ3v) is 5.47. The van der Waals surface area contributed by atoms with E-state index in [1.165, 1.54) is 19.3 Å². The summed E-state index contributed by atoms with van der Waals surface area (Å²) in [6.07, 6.45) is 6.02. The lowest BCUT2D eigenvalue weighted by Crippen LogP contribution is -2.38. The summed E-state index contributed by atoms with van der Waals surface area (Å²) in [5.41, 5.74) is 0.605. The highest BCUT2D eigenvalue weighted by atomic mass is 35.5. The molecule has 1 heterocycles. The van der Waals surface area contributed by atoms with Crippen molar-refractivity contribution < 1.29 is 9.59 Å². The maximum absolute atomic E-state index is 12.4. The standard InChI is InChI=1S/C17H20Cl2N2O2/c18-14-7-6-12(9-15(14)19)20-17(23)11-8-16(22)21(10-11)13-4-2-1-3-5-13/h6-7,9,11,13H,1-5,8,10H2,(H,20,23). The summed E-state index contributed by atoms with van der Waals surface area (Å²) in [7, 11) is 0. The molecule has 1 aliphatic carbocycles. The Kier molecular flexibility index (Phi) is 5.12. The summed E-state index contributed by atoms with van der Waals surface area (Å²) in [6, 6.07) is 5.30. The second-order valence-electron chi connectivity index (χ2n) is 6.36. The number of hydrogen-bond donors (Lipinski definition) is 1. The molecule has 2 amide bonds. The number of likely N-dealkylation sites (tertiary alicyclic amines) is 1. The normalized spacial score (nSPS) is 22.4. The fraction of sp³-hybridized carbons (Fsp3) is 0.529. The van der Waals surface area contributed by atoms with Gasteiger partial charge in [0, 0.05) is 24.7 Å². The van der Waals surface area contributed by atoms with Crippen molar-refractivity contribution in [1.29, 1.82) is 0 Å². The van der Waals surface area contributed by atoms with Gasteiger partial charge in [0.1, 0.15) is 0 Å². The zero-order chi connectivity index (χ0) is 16.4. The molecule has 2 aliphatic rings. The Morgan fingerprint density at radius 2 is 1.87 bits per heavy atom. The van der Waals surface area contributed by atoms with Crippen molar-refractivity contribution in [2.75, 3.05) is 11.9 Å². The number of hydrogen-bond acceptors (Lipinski definition) is 2. The topological polar surface area (TPSA) is 49.4 Å². The van der Waals surface area contributed by atoms with Gasteiger partial charge in [-0.1, -0.05) is 42.5 Å². The van der Waals surface area contributed by atoms with Crippen molar-refractivity contribution in [3.8, 4) is 0 Å². The lowest BCUT2D eigenvalue weighted by molar-refractivity contribution is -0.130. The van der Waals surface area contributed by atoms with Gasteiger partial charge in [0.05, 0.1) is 16.0 Å². The van der Waals surface area contributed by atoms with Crippen molar-refractivity contribution in [3.05, 3.63) is 28.2 Å². The second-order valence-corrected chi connectivity index (χ2v) is 7.17. The Balaban J connectivity index is 1.61. The van der Waals surface area contributed by atoms with Crippen molar-refractivity contribution in [3.63, 3.8) is 0 Å². The third-order valence-electron chi connectivity index (χ3n) is 4.73. The van der Waals surface area contributed by atoms with Gasteiger partial charge in [0.2, 0.25) is 11.8 Å². The number of anilines is 1. The van der Waals surface area contributed by atoms with Gasteiger partial charge < -0.3 is 10.2 Å². The van der Waals surface area contributed by atoms with Gasteiger partial charge in [0.25, 0.3) is 0 Å². The van der Waals surface area contributed by atoms with Gasteiger partial charge in [-0.3, -0.25) is 9.59 Å². The van der Waals surface area contributed by atoms with E-state index in [0.717, 1.165) is 12.8 Å². The molecule has 1 saturated heterocycles. The van der Waals surface area contributed by atoms with Crippen molar-refractivity contribution in [1.82, 2.24) is 4.90 Å². The van der Waals surface area contributed by atoms with E-state index >= 15 is 0 Å². The van der Waals surface area contributed by atoms with Crippen molar-refractivity contribution in [2.45, 2.75) is 44.6 Å². The van der Waals surface area contributed by atoms with Gasteiger partial charge in [-0.15, -0.1) is 0 Å². The van der Waals surface area contributed by atoms with Gasteiger partial charge in [0.15, 0.2) is 0 Å². The van der Waals surface area contributed by atoms with Crippen LogP contribution >= 0.6 is 23.2 Å². The number of amides is 2. The van der Waals surface area contributed by atoms with Crippen LogP contribution in [0, 0.1) is 5.92 Å². The highest BCUT2D eigenvalue weighted by molar-refractivity contribution is 6.42. The van der Waals surface area contributed by atoms with Crippen LogP contribution in [0.15, 0.2) is 18.2 Å². The molecule has 1 aromatic carbocycles. The van der Waals surface area contributed by atoms with E-state index in [-0.39, 0.29) is 17.7 Å². The predicted molar refractivity (Wildman–Crippen MR) is 91.8 cm³/mol. The summed E-state index contributed by atoms with van der Waals surface area (Å²) in [6.45, 7) is 0.524. The zero-order valence-electron chi connectivity index (χ0n) is 12.9. The molecule has 1 aromatic rings. The number of nitrogens with one attached hydrogen (secondary N) is 1. The molecule has 0 bridgehead atoms. The number of carbonyl (C=O) groups is 2. The van der Waals surface area contributed by atoms with E-state index in [4.69, 9.17) is 23.2 Å². The van der Waals surface area contributed by atoms with Gasteiger partial charge in [-0.05, 0) is 31.0 Å². The molecule has 3 rings (SSSR count). The summed E-state index contributed by atoms with van der Waals surface area (Å²) in [5, 5.41) is 3.68. The first-order valence-corrected chi connectivity index (χ1v) is 8.85. The first-order chi connectivity index (χ1) is 11.0. The number of rotatable bonds is 3. The van der Waals surface area contributed by atoms with Crippen molar-refractivity contribution in [2.24, 2.45) is 5.92 Å². The maximum Gasteiger partial charge on any atom is 0.229 e. The largest absolute Gasteiger partial charge is 0.339 e. The summed E-state index contributed by atoms with van der Waals surface area (Å²) >= 11 is 11.8. The fourth-order valence-corrected chi connectivity index (χ4v) is 3.77. The Labute approximate surface area is 146 Å². The molecule has 1 unspecified atom stereocenters. The average Bonchev–Trinajstić information content (AvgIpc) is 2.94. The molecule has 0 spiro atoms. The quantitative estimate of drug-likeness (QED) is 0.887. The molecular formula is C17H20Cl2N2O2. The van der Waals surface area contributed by atoms with Crippen LogP contribution in [0.1, 0.15) is 38.5 Å². The van der Waals surface area contributed by atoms with Crippen LogP contribution in [0.5, 0.6) is 0 Å². The molecule has 6 heteroatoms. The summed E-state index contributed by atoms with van der Waals surface area (Å²) in [5.74, 6) is -0.319. The molecule has 0 radical (unpaired) electrons. The van der Waals surface area contributed by atoms with Gasteiger partial charge in [-0.2, -0.15) is 0 Å². The molecule has 1 aliphatic heterocycles. The third kappa shape index (κ3) is 3.81. The highest BCUT2D eigenvalue weighted by Crippen LogP contribution is 2.30. The van der Waals surface area contributed by atoms with E-state index in [1.54, 1.807) is 18.2 Å². The van der Waals surface area contributed by atoms with Gasteiger partial charge in [-0.25, -0.2) is 0 Å². The smallest absolute Gasteiger partial charge is 0.229 e. The molecule has 4 nitrogen and oxygen atoms in total. The molecular weight excluding hydrogens is 335 g/mol. The van der Waals surface area contributed by atoms with E-state index in [2.05, 4.69) is 5.32 Å². The first kappa shape index (κ1) is 16.6. The van der Waals surface area contributed by atoms with Crippen molar-refractivity contribution >= 4 is 40.7 Å². The minimum Gasteiger partial charge on any atom is -0.339 e. The number of benzene rings is 1. The monoisotopic (exact) mass is 354 g/mol. The Morgan fingerprint density at radius 1 is 1.13 bits per heavy atom. The SMILES string of the molecule is O=C(Nc1ccc(Cl)c(Cl)c1)C1CC(=O)N(C2CCCCC2)C1. The van der Waals surface area contributed by atoms with Crippen LogP contribution in [0.2, 0.25) is 10.0 Å². The molecule has 1 N–H and O–H groups in total. The van der Waals surface area contributed by atoms with Crippen LogP contribution < -0.4 is 5.32 Å². The number of carbonyl (C=O) groups excluding carboxylic acids is 2. The molecule has 124 valence electrons. The summed E-state index contributed by atoms with van der Waals surface area (Å²) < 4.78 is 0. The minimum absolute atomic E-state index is 0.103. The minimum atomic E-state index is -0.293. The summed E-state index contributed by atoms with van der Waals surface area (Å²) in [4.78, 5) is 26.6. The molecule has 1 atom stereocenters. The average molecular weight is 355 g/mol. The predicted octanol–water partition coefficient (Wildman–Crippen LogP) is 4.11. The molecule has 0 aromatic heterocycles. The lowest BCUT2D eigenvalue weighted by atomic mass is 9.94. The van der Waals surface area contributed by atoms with E-state index < -0.39 is 0 Å². The molecule has 23 heavy (non-hydrogen) atoms. The zero-order valence-corrected chi connectivity index (χ0v) is 14.4. The van der Waals surface area contributed by atoms with E-state index in [0.29, 0.717) is 34.7 Å². The van der Waals surface area contributed by atoms with E-state index in [9.17, 15) is 9.59 Å². The maximum atomic E-state index is 12.4. The Hall–Kier alpha value is -1.26. The second kappa shape index (κ2) is 7.10. The highest BCUT2D eigenvalue weighted by Gasteiger charge is 2.38. The first-order valence-electron chi connectivity index (χ1n) is 8.10. The lowest BCUT2D eigenvalue weighted by Gasteiger charge is -2.31. The van der Waals surface area contributed by atoms with Crippen LogP contribution in [0.3, 0.4) is 0 Å².